The lowest BCUT2D eigenvalue weighted by atomic mass is 10.1. The number of nitrogens with one attached hydrogen (secondary N) is 1. The van der Waals surface area contributed by atoms with Gasteiger partial charge in [-0.15, -0.1) is 0 Å². The first-order valence-electron chi connectivity index (χ1n) is 10.4. The number of nitrogens with zero attached hydrogens (tertiary/aromatic N) is 3. The van der Waals surface area contributed by atoms with E-state index < -0.39 is 5.91 Å². The predicted molar refractivity (Wildman–Crippen MR) is 132 cm³/mol. The molecule has 1 N–H and O–H groups in total. The van der Waals surface area contributed by atoms with Crippen LogP contribution in [0.15, 0.2) is 47.1 Å². The van der Waals surface area contributed by atoms with Gasteiger partial charge in [0.15, 0.2) is 11.5 Å². The lowest BCUT2D eigenvalue weighted by Gasteiger charge is -2.09. The van der Waals surface area contributed by atoms with Crippen LogP contribution in [-0.4, -0.2) is 20.8 Å². The number of benzene rings is 2. The standard InChI is InChI=1S/C24H21Cl3N4O3/c1-13-7-8-16(9-14(13)2)33-12-18-15(3)34-30-22(18)24(32)28-23-21(27)11-31(29-23)10-17-19(25)5-4-6-20(17)26/h4-9,11H,10,12H2,1-3H3,(H,28,29,32). The highest BCUT2D eigenvalue weighted by Gasteiger charge is 2.22. The van der Waals surface area contributed by atoms with E-state index in [1.54, 1.807) is 36.0 Å². The molecule has 34 heavy (non-hydrogen) atoms. The Kier molecular flexibility index (Phi) is 7.16. The molecule has 2 aromatic carbocycles. The van der Waals surface area contributed by atoms with Crippen LogP contribution in [0.3, 0.4) is 0 Å². The van der Waals surface area contributed by atoms with Crippen LogP contribution in [0.4, 0.5) is 5.82 Å². The quantitative estimate of drug-likeness (QED) is 0.296. The second-order valence-corrected chi connectivity index (χ2v) is 9.00. The molecular formula is C24H21Cl3N4O3. The fourth-order valence-corrected chi connectivity index (χ4v) is 3.99. The fraction of sp³-hybridized carbons (Fsp3) is 0.208. The van der Waals surface area contributed by atoms with Gasteiger partial charge in [-0.2, -0.15) is 5.10 Å². The Morgan fingerprint density at radius 3 is 2.47 bits per heavy atom. The summed E-state index contributed by atoms with van der Waals surface area (Å²) in [7, 11) is 0. The van der Waals surface area contributed by atoms with Crippen LogP contribution in [-0.2, 0) is 13.2 Å². The molecule has 0 aliphatic carbocycles. The van der Waals surface area contributed by atoms with Crippen molar-refractivity contribution < 1.29 is 14.1 Å². The van der Waals surface area contributed by atoms with E-state index in [9.17, 15) is 4.79 Å². The zero-order valence-corrected chi connectivity index (χ0v) is 20.9. The molecule has 0 atom stereocenters. The van der Waals surface area contributed by atoms with Gasteiger partial charge in [-0.05, 0) is 56.2 Å². The summed E-state index contributed by atoms with van der Waals surface area (Å²) in [4.78, 5) is 12.9. The minimum atomic E-state index is -0.515. The number of halogens is 3. The maximum Gasteiger partial charge on any atom is 0.279 e. The summed E-state index contributed by atoms with van der Waals surface area (Å²) < 4.78 is 12.7. The van der Waals surface area contributed by atoms with Crippen molar-refractivity contribution in [3.8, 4) is 5.75 Å². The molecule has 176 valence electrons. The number of carbonyl (C=O) groups is 1. The zero-order chi connectivity index (χ0) is 24.4. The highest BCUT2D eigenvalue weighted by Crippen LogP contribution is 2.27. The van der Waals surface area contributed by atoms with Gasteiger partial charge in [-0.1, -0.05) is 52.1 Å². The summed E-state index contributed by atoms with van der Waals surface area (Å²) >= 11 is 18.8. The molecular weight excluding hydrogens is 499 g/mol. The van der Waals surface area contributed by atoms with Gasteiger partial charge in [0, 0.05) is 21.8 Å². The molecule has 0 aliphatic rings. The molecule has 4 rings (SSSR count). The van der Waals surface area contributed by atoms with E-state index >= 15 is 0 Å². The van der Waals surface area contributed by atoms with Crippen LogP contribution in [0.25, 0.3) is 0 Å². The molecule has 2 heterocycles. The lowest BCUT2D eigenvalue weighted by Crippen LogP contribution is -2.16. The topological polar surface area (TPSA) is 82.2 Å². The first kappa shape index (κ1) is 24.1. The van der Waals surface area contributed by atoms with E-state index in [2.05, 4.69) is 15.6 Å². The highest BCUT2D eigenvalue weighted by molar-refractivity contribution is 6.36. The van der Waals surface area contributed by atoms with Crippen molar-refractivity contribution in [2.24, 2.45) is 0 Å². The van der Waals surface area contributed by atoms with Crippen LogP contribution in [0.5, 0.6) is 5.75 Å². The normalized spacial score (nSPS) is 11.0. The monoisotopic (exact) mass is 518 g/mol. The Labute approximate surface area is 211 Å². The number of anilines is 1. The van der Waals surface area contributed by atoms with Crippen molar-refractivity contribution in [2.45, 2.75) is 33.9 Å². The summed E-state index contributed by atoms with van der Waals surface area (Å²) in [6.07, 6.45) is 1.58. The Balaban J connectivity index is 1.49. The summed E-state index contributed by atoms with van der Waals surface area (Å²) in [5.74, 6) is 0.837. The second kappa shape index (κ2) is 10.1. The Morgan fingerprint density at radius 2 is 1.76 bits per heavy atom. The first-order chi connectivity index (χ1) is 16.2. The Hall–Kier alpha value is -3.00. The number of ether oxygens (including phenoxy) is 1. The minimum Gasteiger partial charge on any atom is -0.489 e. The number of aromatic nitrogens is 3. The third kappa shape index (κ3) is 5.22. The lowest BCUT2D eigenvalue weighted by molar-refractivity contribution is 0.101. The molecule has 0 aliphatic heterocycles. The molecule has 1 amide bonds. The number of amides is 1. The highest BCUT2D eigenvalue weighted by atomic mass is 35.5. The summed E-state index contributed by atoms with van der Waals surface area (Å²) in [5.41, 5.74) is 3.61. The van der Waals surface area contributed by atoms with E-state index in [4.69, 9.17) is 44.1 Å². The van der Waals surface area contributed by atoms with E-state index in [1.807, 2.05) is 32.0 Å². The average Bonchev–Trinajstić information content (AvgIpc) is 3.33. The van der Waals surface area contributed by atoms with Crippen molar-refractivity contribution in [2.75, 3.05) is 5.32 Å². The van der Waals surface area contributed by atoms with E-state index in [1.165, 1.54) is 5.56 Å². The van der Waals surface area contributed by atoms with Crippen LogP contribution < -0.4 is 10.1 Å². The summed E-state index contributed by atoms with van der Waals surface area (Å²) in [6, 6.07) is 11.0. The number of rotatable bonds is 7. The second-order valence-electron chi connectivity index (χ2n) is 7.78. The maximum atomic E-state index is 12.9. The van der Waals surface area contributed by atoms with Crippen molar-refractivity contribution >= 4 is 46.5 Å². The number of hydrogen-bond donors (Lipinski definition) is 1. The third-order valence-electron chi connectivity index (χ3n) is 5.39. The SMILES string of the molecule is Cc1ccc(OCc2c(C(=O)Nc3nn(Cc4c(Cl)cccc4Cl)cc3Cl)noc2C)cc1C. The van der Waals surface area contributed by atoms with Crippen LogP contribution in [0, 0.1) is 20.8 Å². The molecule has 10 heteroatoms. The van der Waals surface area contributed by atoms with Gasteiger partial charge >= 0.3 is 0 Å². The smallest absolute Gasteiger partial charge is 0.279 e. The minimum absolute atomic E-state index is 0.0982. The van der Waals surface area contributed by atoms with Gasteiger partial charge in [-0.25, -0.2) is 0 Å². The van der Waals surface area contributed by atoms with Crippen LogP contribution in [0.1, 0.15) is 38.5 Å². The Bertz CT molecular complexity index is 1340. The van der Waals surface area contributed by atoms with Crippen molar-refractivity contribution in [3.63, 3.8) is 0 Å². The van der Waals surface area contributed by atoms with Gasteiger partial charge in [0.25, 0.3) is 5.91 Å². The maximum absolute atomic E-state index is 12.9. The molecule has 4 aromatic rings. The third-order valence-corrected chi connectivity index (χ3v) is 6.38. The van der Waals surface area contributed by atoms with Gasteiger partial charge < -0.3 is 14.6 Å². The molecule has 0 spiro atoms. The first-order valence-corrected chi connectivity index (χ1v) is 11.5. The van der Waals surface area contributed by atoms with E-state index in [-0.39, 0.29) is 29.7 Å². The number of aryl methyl sites for hydroxylation is 3. The number of hydrogen-bond acceptors (Lipinski definition) is 5. The molecule has 0 fully saturated rings. The predicted octanol–water partition coefficient (Wildman–Crippen LogP) is 6.64. The summed E-state index contributed by atoms with van der Waals surface area (Å²) in [6.45, 7) is 6.16. The van der Waals surface area contributed by atoms with E-state index in [0.717, 1.165) is 5.56 Å². The van der Waals surface area contributed by atoms with Gasteiger partial charge in [0.05, 0.1) is 12.1 Å². The van der Waals surface area contributed by atoms with Crippen molar-refractivity contribution in [1.82, 2.24) is 14.9 Å². The average molecular weight is 520 g/mol. The molecule has 2 aromatic heterocycles. The Morgan fingerprint density at radius 1 is 1.03 bits per heavy atom. The van der Waals surface area contributed by atoms with E-state index in [0.29, 0.717) is 32.7 Å². The largest absolute Gasteiger partial charge is 0.489 e. The molecule has 7 nitrogen and oxygen atoms in total. The van der Waals surface area contributed by atoms with Crippen LogP contribution in [0.2, 0.25) is 15.1 Å². The summed E-state index contributed by atoms with van der Waals surface area (Å²) in [5, 5.41) is 12.2. The molecule has 0 saturated carbocycles. The molecule has 0 saturated heterocycles. The fourth-order valence-electron chi connectivity index (χ4n) is 3.27. The number of carbonyl (C=O) groups excluding carboxylic acids is 1. The molecule has 0 unspecified atom stereocenters. The van der Waals surface area contributed by atoms with Crippen molar-refractivity contribution in [1.29, 1.82) is 0 Å². The zero-order valence-electron chi connectivity index (χ0n) is 18.7. The van der Waals surface area contributed by atoms with Gasteiger partial charge in [0.2, 0.25) is 0 Å². The van der Waals surface area contributed by atoms with Crippen molar-refractivity contribution in [3.05, 3.63) is 91.4 Å². The molecule has 0 bridgehead atoms. The van der Waals surface area contributed by atoms with Crippen LogP contribution >= 0.6 is 34.8 Å². The van der Waals surface area contributed by atoms with Gasteiger partial charge in [0.1, 0.15) is 23.1 Å². The molecule has 0 radical (unpaired) electrons. The van der Waals surface area contributed by atoms with Gasteiger partial charge in [-0.3, -0.25) is 9.48 Å².